The minimum absolute atomic E-state index is 0.247. The Kier molecular flexibility index (Phi) is 5.17. The topological polar surface area (TPSA) is 6.48 Å². The second-order valence-electron chi connectivity index (χ2n) is 14.9. The van der Waals surface area contributed by atoms with Crippen molar-refractivity contribution in [1.29, 1.82) is 0 Å². The zero-order valence-corrected chi connectivity index (χ0v) is 22.1. The highest BCUT2D eigenvalue weighted by Crippen LogP contribution is 2.70. The fourth-order valence-corrected chi connectivity index (χ4v) is 8.75. The first-order chi connectivity index (χ1) is 13.6. The highest BCUT2D eigenvalue weighted by molar-refractivity contribution is 5.15. The van der Waals surface area contributed by atoms with E-state index < -0.39 is 0 Å². The van der Waals surface area contributed by atoms with E-state index in [4.69, 9.17) is 0 Å². The number of fused-ring (bicyclic) bond motifs is 5. The Morgan fingerprint density at radius 3 is 1.37 bits per heavy atom. The molecule has 0 N–H and O–H groups in total. The molecule has 0 aromatic heterocycles. The molecule has 174 valence electrons. The number of hydrogen-bond acceptors (Lipinski definition) is 2. The normalized spacial score (nSPS) is 39.0. The summed E-state index contributed by atoms with van der Waals surface area (Å²) in [6.45, 7) is 27.8. The molecular formula is C28H52N2. The molecule has 5 aliphatic rings. The van der Waals surface area contributed by atoms with Crippen molar-refractivity contribution in [1.82, 2.24) is 9.80 Å². The Morgan fingerprint density at radius 2 is 1.00 bits per heavy atom. The van der Waals surface area contributed by atoms with Gasteiger partial charge in [-0.05, 0) is 108 Å². The third kappa shape index (κ3) is 3.09. The van der Waals surface area contributed by atoms with Crippen molar-refractivity contribution in [2.24, 2.45) is 21.7 Å². The van der Waals surface area contributed by atoms with Crippen LogP contribution in [-0.4, -0.2) is 46.1 Å². The molecule has 5 fully saturated rings. The van der Waals surface area contributed by atoms with Crippen molar-refractivity contribution < 1.29 is 0 Å². The van der Waals surface area contributed by atoms with Crippen LogP contribution < -0.4 is 0 Å². The van der Waals surface area contributed by atoms with Crippen LogP contribution >= 0.6 is 0 Å². The van der Waals surface area contributed by atoms with Crippen LogP contribution in [0.4, 0.5) is 0 Å². The molecule has 0 spiro atoms. The smallest absolute Gasteiger partial charge is 0.0232 e. The fraction of sp³-hybridized carbons (Fsp3) is 1.00. The van der Waals surface area contributed by atoms with Gasteiger partial charge in [0.15, 0.2) is 0 Å². The van der Waals surface area contributed by atoms with E-state index in [0.717, 1.165) is 12.1 Å². The summed E-state index contributed by atoms with van der Waals surface area (Å²) in [4.78, 5) is 5.80. The van der Waals surface area contributed by atoms with E-state index in [2.05, 4.69) is 79.0 Å². The zero-order valence-electron chi connectivity index (χ0n) is 22.1. The SMILES string of the molecule is CC(C)(C)N1C2CCC1CN(C(C)(C)C(C)(C)C13CCC(C(C)(C)C)(CC1)CC3)C2. The lowest BCUT2D eigenvalue weighted by Gasteiger charge is -2.68. The van der Waals surface area contributed by atoms with Crippen LogP contribution in [0.25, 0.3) is 0 Å². The van der Waals surface area contributed by atoms with Gasteiger partial charge in [-0.25, -0.2) is 0 Å². The molecule has 5 rings (SSSR count). The van der Waals surface area contributed by atoms with Crippen molar-refractivity contribution in [3.63, 3.8) is 0 Å². The minimum atomic E-state index is 0.247. The molecule has 2 saturated heterocycles. The van der Waals surface area contributed by atoms with E-state index in [-0.39, 0.29) is 5.54 Å². The quantitative estimate of drug-likeness (QED) is 0.483. The van der Waals surface area contributed by atoms with Crippen LogP contribution in [0.1, 0.15) is 121 Å². The van der Waals surface area contributed by atoms with Crippen molar-refractivity contribution in [2.75, 3.05) is 13.1 Å². The Labute approximate surface area is 188 Å². The van der Waals surface area contributed by atoms with E-state index in [1.54, 1.807) is 0 Å². The summed E-state index contributed by atoms with van der Waals surface area (Å²) in [5.41, 5.74) is 2.49. The zero-order chi connectivity index (χ0) is 22.4. The predicted molar refractivity (Wildman–Crippen MR) is 130 cm³/mol. The first kappa shape index (κ1) is 23.1. The fourth-order valence-electron chi connectivity index (χ4n) is 8.75. The van der Waals surface area contributed by atoms with E-state index in [9.17, 15) is 0 Å². The van der Waals surface area contributed by atoms with Gasteiger partial charge in [0.05, 0.1) is 0 Å². The van der Waals surface area contributed by atoms with Crippen molar-refractivity contribution in [3.8, 4) is 0 Å². The van der Waals surface area contributed by atoms with Gasteiger partial charge in [0.2, 0.25) is 0 Å². The van der Waals surface area contributed by atoms with Crippen LogP contribution in [-0.2, 0) is 0 Å². The maximum atomic E-state index is 2.94. The molecule has 2 aliphatic heterocycles. The van der Waals surface area contributed by atoms with Gasteiger partial charge < -0.3 is 0 Å². The minimum Gasteiger partial charge on any atom is -0.295 e. The van der Waals surface area contributed by atoms with Crippen LogP contribution in [0.2, 0.25) is 0 Å². The van der Waals surface area contributed by atoms with Gasteiger partial charge in [0, 0.05) is 36.3 Å². The summed E-state index contributed by atoms with van der Waals surface area (Å²) in [7, 11) is 0. The predicted octanol–water partition coefficient (Wildman–Crippen LogP) is 7.13. The van der Waals surface area contributed by atoms with Crippen molar-refractivity contribution in [3.05, 3.63) is 0 Å². The number of nitrogens with zero attached hydrogens (tertiary/aromatic N) is 2. The summed E-state index contributed by atoms with van der Waals surface area (Å²) < 4.78 is 0. The molecule has 0 aromatic carbocycles. The molecule has 2 unspecified atom stereocenters. The van der Waals surface area contributed by atoms with E-state index in [0.29, 0.717) is 27.2 Å². The van der Waals surface area contributed by atoms with Crippen LogP contribution in [0.5, 0.6) is 0 Å². The summed E-state index contributed by atoms with van der Waals surface area (Å²) >= 11 is 0. The average Bonchev–Trinajstić information content (AvgIpc) is 2.93. The summed E-state index contributed by atoms with van der Waals surface area (Å²) in [6.07, 6.45) is 11.5. The lowest BCUT2D eigenvalue weighted by Crippen LogP contribution is -2.69. The molecule has 30 heavy (non-hydrogen) atoms. The second-order valence-corrected chi connectivity index (χ2v) is 14.9. The van der Waals surface area contributed by atoms with Gasteiger partial charge >= 0.3 is 0 Å². The van der Waals surface area contributed by atoms with Gasteiger partial charge in [-0.3, -0.25) is 9.80 Å². The standard InChI is InChI=1S/C28H52N2/c1-23(2,3)27-13-16-28(17-14-27,18-15-27)25(7,8)26(9,10)29-19-21-11-12-22(20-29)30(21)24(4,5)6/h21-22H,11-20H2,1-10H3. The molecule has 3 saturated carbocycles. The van der Waals surface area contributed by atoms with Gasteiger partial charge in [0.25, 0.3) is 0 Å². The maximum Gasteiger partial charge on any atom is 0.0232 e. The number of piperazine rings is 1. The van der Waals surface area contributed by atoms with Gasteiger partial charge in [0.1, 0.15) is 0 Å². The molecule has 2 heteroatoms. The molecular weight excluding hydrogens is 364 g/mol. The largest absolute Gasteiger partial charge is 0.295 e. The van der Waals surface area contributed by atoms with Crippen LogP contribution in [0.3, 0.4) is 0 Å². The Balaban J connectivity index is 1.55. The Hall–Kier alpha value is -0.0800. The van der Waals surface area contributed by atoms with Gasteiger partial charge in [-0.15, -0.1) is 0 Å². The lowest BCUT2D eigenvalue weighted by molar-refractivity contribution is -0.176. The first-order valence-electron chi connectivity index (χ1n) is 13.1. The van der Waals surface area contributed by atoms with Gasteiger partial charge in [-0.2, -0.15) is 0 Å². The first-order valence-corrected chi connectivity index (χ1v) is 13.1. The van der Waals surface area contributed by atoms with E-state index in [1.165, 1.54) is 64.5 Å². The molecule has 3 aliphatic carbocycles. The van der Waals surface area contributed by atoms with Crippen molar-refractivity contribution in [2.45, 2.75) is 144 Å². The Morgan fingerprint density at radius 1 is 0.600 bits per heavy atom. The average molecular weight is 417 g/mol. The monoisotopic (exact) mass is 416 g/mol. The number of likely N-dealkylation sites (tertiary alicyclic amines) is 1. The molecule has 0 amide bonds. The maximum absolute atomic E-state index is 2.94. The van der Waals surface area contributed by atoms with Crippen LogP contribution in [0.15, 0.2) is 0 Å². The lowest BCUT2D eigenvalue weighted by atomic mass is 9.40. The van der Waals surface area contributed by atoms with Crippen molar-refractivity contribution >= 4 is 0 Å². The molecule has 4 bridgehead atoms. The van der Waals surface area contributed by atoms with E-state index >= 15 is 0 Å². The molecule has 2 nitrogen and oxygen atoms in total. The third-order valence-electron chi connectivity index (χ3n) is 11.7. The number of hydrogen-bond donors (Lipinski definition) is 0. The van der Waals surface area contributed by atoms with Crippen LogP contribution in [0, 0.1) is 21.7 Å². The second kappa shape index (κ2) is 6.72. The molecule has 0 radical (unpaired) electrons. The molecule has 2 heterocycles. The highest BCUT2D eigenvalue weighted by Gasteiger charge is 2.63. The third-order valence-corrected chi connectivity index (χ3v) is 11.7. The molecule has 2 atom stereocenters. The van der Waals surface area contributed by atoms with E-state index in [1.807, 2.05) is 0 Å². The summed E-state index contributed by atoms with van der Waals surface area (Å²) in [5.74, 6) is 0. The Bertz CT molecular complexity index is 621. The summed E-state index contributed by atoms with van der Waals surface area (Å²) in [6, 6.07) is 1.50. The molecule has 0 aromatic rings. The summed E-state index contributed by atoms with van der Waals surface area (Å²) in [5, 5.41) is 0. The number of rotatable bonds is 3. The highest BCUT2D eigenvalue weighted by atomic mass is 15.4. The van der Waals surface area contributed by atoms with Gasteiger partial charge in [-0.1, -0.05) is 34.6 Å².